The third-order valence-electron chi connectivity index (χ3n) is 4.28. The van der Waals surface area contributed by atoms with E-state index in [4.69, 9.17) is 4.42 Å². The van der Waals surface area contributed by atoms with Crippen LogP contribution in [-0.4, -0.2) is 15.8 Å². The summed E-state index contributed by atoms with van der Waals surface area (Å²) in [4.78, 5) is 0. The van der Waals surface area contributed by atoms with Crippen molar-refractivity contribution in [1.29, 1.82) is 0 Å². The van der Waals surface area contributed by atoms with Gasteiger partial charge in [-0.1, -0.05) is 0 Å². The van der Waals surface area contributed by atoms with Gasteiger partial charge in [0.05, 0.1) is 12.2 Å². The Bertz CT molecular complexity index is 620. The van der Waals surface area contributed by atoms with E-state index in [-0.39, 0.29) is 0 Å². The number of furan rings is 1. The van der Waals surface area contributed by atoms with Crippen molar-refractivity contribution in [3.63, 3.8) is 0 Å². The maximum Gasteiger partial charge on any atom is 0.125 e. The quantitative estimate of drug-likeness (QED) is 0.910. The average molecular weight is 273 g/mol. The predicted molar refractivity (Wildman–Crippen MR) is 78.8 cm³/mol. The summed E-state index contributed by atoms with van der Waals surface area (Å²) in [6.07, 6.45) is 2.63. The first-order chi connectivity index (χ1) is 9.54. The maximum atomic E-state index is 5.87. The normalized spacial score (nSPS) is 15.0. The van der Waals surface area contributed by atoms with E-state index < -0.39 is 0 Å². The van der Waals surface area contributed by atoms with Gasteiger partial charge in [-0.15, -0.1) is 0 Å². The van der Waals surface area contributed by atoms with Crippen molar-refractivity contribution in [3.8, 4) is 0 Å². The number of hydrogen-bond donors (Lipinski definition) is 1. The van der Waals surface area contributed by atoms with Crippen LogP contribution in [0.5, 0.6) is 0 Å². The molecule has 1 N–H and O–H groups in total. The molecule has 0 spiro atoms. The molecule has 108 valence electrons. The molecule has 0 atom stereocenters. The first-order valence-electron chi connectivity index (χ1n) is 7.36. The SMILES string of the molecule is Cc1nn(Cc2cc(CNC3CC3)c(C)o2)c(C)c1C. The molecule has 1 saturated carbocycles. The van der Waals surface area contributed by atoms with E-state index in [1.165, 1.54) is 29.7 Å². The lowest BCUT2D eigenvalue weighted by molar-refractivity contribution is 0.453. The molecule has 3 rings (SSSR count). The monoisotopic (exact) mass is 273 g/mol. The van der Waals surface area contributed by atoms with Gasteiger partial charge in [-0.25, -0.2) is 0 Å². The molecule has 1 fully saturated rings. The Balaban J connectivity index is 1.73. The minimum Gasteiger partial charge on any atom is -0.464 e. The van der Waals surface area contributed by atoms with Crippen molar-refractivity contribution in [2.45, 2.75) is 59.7 Å². The lowest BCUT2D eigenvalue weighted by atomic mass is 10.2. The molecular weight excluding hydrogens is 250 g/mol. The van der Waals surface area contributed by atoms with Gasteiger partial charge in [0.1, 0.15) is 11.5 Å². The number of hydrogen-bond acceptors (Lipinski definition) is 3. The minimum absolute atomic E-state index is 0.713. The second-order valence-corrected chi connectivity index (χ2v) is 5.90. The van der Waals surface area contributed by atoms with Gasteiger partial charge in [-0.2, -0.15) is 5.10 Å². The fourth-order valence-corrected chi connectivity index (χ4v) is 2.47. The summed E-state index contributed by atoms with van der Waals surface area (Å²) in [6.45, 7) is 9.95. The lowest BCUT2D eigenvalue weighted by Crippen LogP contribution is -2.15. The molecule has 0 unspecified atom stereocenters. The Kier molecular flexibility index (Phi) is 3.42. The Morgan fingerprint density at radius 2 is 2.05 bits per heavy atom. The standard InChI is InChI=1S/C16H23N3O/c1-10-11(2)18-19(12(10)3)9-16-7-14(13(4)20-16)8-17-15-5-6-15/h7,15,17H,5-6,8-9H2,1-4H3. The fourth-order valence-electron chi connectivity index (χ4n) is 2.47. The summed E-state index contributed by atoms with van der Waals surface area (Å²) in [7, 11) is 0. The number of aryl methyl sites for hydroxylation is 2. The molecule has 2 heterocycles. The molecule has 2 aromatic heterocycles. The van der Waals surface area contributed by atoms with Crippen molar-refractivity contribution in [2.75, 3.05) is 0 Å². The van der Waals surface area contributed by atoms with Gasteiger partial charge in [0.15, 0.2) is 0 Å². The topological polar surface area (TPSA) is 43.0 Å². The highest BCUT2D eigenvalue weighted by Gasteiger charge is 2.21. The third kappa shape index (κ3) is 2.66. The molecule has 4 nitrogen and oxygen atoms in total. The molecule has 0 radical (unpaired) electrons. The van der Waals surface area contributed by atoms with Crippen LogP contribution >= 0.6 is 0 Å². The van der Waals surface area contributed by atoms with E-state index in [0.717, 1.165) is 29.8 Å². The van der Waals surface area contributed by atoms with Crippen molar-refractivity contribution in [3.05, 3.63) is 40.1 Å². The van der Waals surface area contributed by atoms with Crippen LogP contribution in [0.25, 0.3) is 0 Å². The van der Waals surface area contributed by atoms with E-state index in [9.17, 15) is 0 Å². The Labute approximate surface area is 120 Å². The van der Waals surface area contributed by atoms with Crippen LogP contribution in [0.15, 0.2) is 10.5 Å². The highest BCUT2D eigenvalue weighted by Crippen LogP contribution is 2.22. The van der Waals surface area contributed by atoms with Crippen LogP contribution in [0.4, 0.5) is 0 Å². The molecule has 2 aromatic rings. The van der Waals surface area contributed by atoms with Crippen LogP contribution in [0, 0.1) is 27.7 Å². The summed E-state index contributed by atoms with van der Waals surface area (Å²) in [5.41, 5.74) is 4.85. The molecule has 0 aliphatic heterocycles. The zero-order valence-corrected chi connectivity index (χ0v) is 12.8. The van der Waals surface area contributed by atoms with Crippen LogP contribution in [-0.2, 0) is 13.1 Å². The van der Waals surface area contributed by atoms with E-state index in [1.807, 2.05) is 11.6 Å². The van der Waals surface area contributed by atoms with Gasteiger partial charge in [0.25, 0.3) is 0 Å². The van der Waals surface area contributed by atoms with Gasteiger partial charge < -0.3 is 9.73 Å². The van der Waals surface area contributed by atoms with Crippen molar-refractivity contribution < 1.29 is 4.42 Å². The van der Waals surface area contributed by atoms with Crippen LogP contribution in [0.3, 0.4) is 0 Å². The summed E-state index contributed by atoms with van der Waals surface area (Å²) >= 11 is 0. The van der Waals surface area contributed by atoms with Crippen LogP contribution < -0.4 is 5.32 Å². The molecule has 20 heavy (non-hydrogen) atoms. The smallest absolute Gasteiger partial charge is 0.125 e. The van der Waals surface area contributed by atoms with Crippen molar-refractivity contribution in [2.24, 2.45) is 0 Å². The zero-order chi connectivity index (χ0) is 14.3. The highest BCUT2D eigenvalue weighted by atomic mass is 16.3. The number of aromatic nitrogens is 2. The highest BCUT2D eigenvalue weighted by molar-refractivity contribution is 5.25. The molecule has 4 heteroatoms. The van der Waals surface area contributed by atoms with E-state index in [0.29, 0.717) is 6.54 Å². The first-order valence-corrected chi connectivity index (χ1v) is 7.36. The molecule has 1 aliphatic rings. The summed E-state index contributed by atoms with van der Waals surface area (Å²) in [5, 5.41) is 8.10. The molecule has 0 bridgehead atoms. The second kappa shape index (κ2) is 5.09. The Morgan fingerprint density at radius 1 is 1.30 bits per heavy atom. The molecule has 0 amide bonds. The largest absolute Gasteiger partial charge is 0.464 e. The van der Waals surface area contributed by atoms with Crippen LogP contribution in [0.1, 0.15) is 46.9 Å². The number of rotatable bonds is 5. The third-order valence-corrected chi connectivity index (χ3v) is 4.28. The minimum atomic E-state index is 0.713. The van der Waals surface area contributed by atoms with Gasteiger partial charge in [0.2, 0.25) is 0 Å². The number of nitrogens with one attached hydrogen (secondary N) is 1. The molecule has 0 aromatic carbocycles. The second-order valence-electron chi connectivity index (χ2n) is 5.90. The summed E-state index contributed by atoms with van der Waals surface area (Å²) < 4.78 is 7.90. The summed E-state index contributed by atoms with van der Waals surface area (Å²) in [5.74, 6) is 2.01. The van der Waals surface area contributed by atoms with Gasteiger partial charge >= 0.3 is 0 Å². The summed E-state index contributed by atoms with van der Waals surface area (Å²) in [6, 6.07) is 2.89. The van der Waals surface area contributed by atoms with E-state index >= 15 is 0 Å². The van der Waals surface area contributed by atoms with Crippen LogP contribution in [0.2, 0.25) is 0 Å². The maximum absolute atomic E-state index is 5.87. The molecule has 0 saturated heterocycles. The first kappa shape index (κ1) is 13.4. The lowest BCUT2D eigenvalue weighted by Gasteiger charge is -2.01. The van der Waals surface area contributed by atoms with Gasteiger partial charge in [-0.3, -0.25) is 4.68 Å². The Morgan fingerprint density at radius 3 is 2.65 bits per heavy atom. The van der Waals surface area contributed by atoms with Gasteiger partial charge in [0, 0.05) is 23.8 Å². The molecular formula is C16H23N3O. The van der Waals surface area contributed by atoms with Gasteiger partial charge in [-0.05, 0) is 52.2 Å². The zero-order valence-electron chi connectivity index (χ0n) is 12.8. The number of nitrogens with zero attached hydrogens (tertiary/aromatic N) is 2. The fraction of sp³-hybridized carbons (Fsp3) is 0.562. The van der Waals surface area contributed by atoms with E-state index in [1.54, 1.807) is 0 Å². The predicted octanol–water partition coefficient (Wildman–Crippen LogP) is 3.01. The Hall–Kier alpha value is -1.55. The van der Waals surface area contributed by atoms with Crippen molar-refractivity contribution >= 4 is 0 Å². The van der Waals surface area contributed by atoms with Crippen molar-refractivity contribution in [1.82, 2.24) is 15.1 Å². The average Bonchev–Trinajstić information content (AvgIpc) is 3.13. The van der Waals surface area contributed by atoms with E-state index in [2.05, 4.69) is 37.3 Å². The molecule has 1 aliphatic carbocycles.